The van der Waals surface area contributed by atoms with Gasteiger partial charge in [-0.1, -0.05) is 30.3 Å². The molecule has 0 unspecified atom stereocenters. The largest absolute Gasteiger partial charge is 0.364 e. The Kier molecular flexibility index (Phi) is 4.77. The van der Waals surface area contributed by atoms with Crippen LogP contribution in [-0.4, -0.2) is 47.1 Å². The number of aromatic nitrogens is 1. The van der Waals surface area contributed by atoms with Crippen molar-refractivity contribution < 1.29 is 14.3 Å². The second kappa shape index (κ2) is 7.24. The molecule has 4 rings (SSSR count). The van der Waals surface area contributed by atoms with E-state index in [-0.39, 0.29) is 30.1 Å². The van der Waals surface area contributed by atoms with E-state index in [1.807, 2.05) is 37.3 Å². The Morgan fingerprint density at radius 2 is 2.04 bits per heavy atom. The highest BCUT2D eigenvalue weighted by Gasteiger charge is 2.49. The lowest BCUT2D eigenvalue weighted by Gasteiger charge is -2.50. The number of rotatable bonds is 3. The first-order valence-corrected chi connectivity index (χ1v) is 9.51. The van der Waals surface area contributed by atoms with Crippen LogP contribution in [0.1, 0.15) is 29.3 Å². The van der Waals surface area contributed by atoms with Gasteiger partial charge in [0.2, 0.25) is 5.91 Å². The summed E-state index contributed by atoms with van der Waals surface area (Å²) in [5.74, 6) is -0.342. The van der Waals surface area contributed by atoms with Crippen molar-refractivity contribution in [2.24, 2.45) is 0 Å². The second-order valence-corrected chi connectivity index (χ2v) is 7.23. The minimum Gasteiger partial charge on any atom is -0.364 e. The van der Waals surface area contributed by atoms with Crippen molar-refractivity contribution in [1.29, 1.82) is 0 Å². The fourth-order valence-corrected chi connectivity index (χ4v) is 4.13. The number of ether oxygens (including phenoxy) is 1. The monoisotopic (exact) mass is 381 g/mol. The van der Waals surface area contributed by atoms with E-state index >= 15 is 0 Å². The highest BCUT2D eigenvalue weighted by atomic mass is 16.5. The second-order valence-electron chi connectivity index (χ2n) is 7.23. The molecular weight excluding hydrogens is 358 g/mol. The van der Waals surface area contributed by atoms with Crippen LogP contribution in [0.3, 0.4) is 0 Å². The first-order chi connectivity index (χ1) is 13.5. The van der Waals surface area contributed by atoms with Gasteiger partial charge in [0.05, 0.1) is 5.54 Å². The van der Waals surface area contributed by atoms with E-state index in [0.29, 0.717) is 31.6 Å². The summed E-state index contributed by atoms with van der Waals surface area (Å²) in [6, 6.07) is 12.8. The molecule has 2 saturated heterocycles. The summed E-state index contributed by atoms with van der Waals surface area (Å²) in [4.78, 5) is 38.8. The molecule has 2 amide bonds. The van der Waals surface area contributed by atoms with E-state index in [1.54, 1.807) is 21.7 Å². The number of piperidine rings is 1. The van der Waals surface area contributed by atoms with Crippen molar-refractivity contribution in [2.75, 3.05) is 19.7 Å². The van der Waals surface area contributed by atoms with Gasteiger partial charge >= 0.3 is 0 Å². The molecule has 2 aliphatic rings. The Bertz CT molecular complexity index is 956. The van der Waals surface area contributed by atoms with Crippen LogP contribution >= 0.6 is 0 Å². The Hall–Kier alpha value is -2.93. The van der Waals surface area contributed by atoms with Crippen LogP contribution in [0.25, 0.3) is 0 Å². The minimum absolute atomic E-state index is 0.0200. The van der Waals surface area contributed by atoms with Gasteiger partial charge in [0.1, 0.15) is 12.7 Å². The van der Waals surface area contributed by atoms with Crippen molar-refractivity contribution >= 4 is 11.8 Å². The van der Waals surface area contributed by atoms with Gasteiger partial charge in [-0.25, -0.2) is 0 Å². The molecule has 1 aromatic carbocycles. The van der Waals surface area contributed by atoms with Gasteiger partial charge in [0.25, 0.3) is 11.5 Å². The number of hydrogen-bond acceptors (Lipinski definition) is 4. The third-order valence-corrected chi connectivity index (χ3v) is 5.65. The van der Waals surface area contributed by atoms with E-state index in [4.69, 9.17) is 4.74 Å². The van der Waals surface area contributed by atoms with Crippen LogP contribution in [0.4, 0.5) is 0 Å². The molecule has 2 fully saturated rings. The van der Waals surface area contributed by atoms with Gasteiger partial charge in [-0.15, -0.1) is 0 Å². The fourth-order valence-electron chi connectivity index (χ4n) is 4.13. The number of likely N-dealkylation sites (tertiary alicyclic amines) is 1. The average Bonchev–Trinajstić information content (AvgIpc) is 2.73. The summed E-state index contributed by atoms with van der Waals surface area (Å²) >= 11 is 0. The average molecular weight is 381 g/mol. The number of carbonyl (C=O) groups is 2. The SMILES string of the molecule is CCn1ccc(C(=O)N2CC[C@@]3(c4ccccc4)NC(=O)CO[C@@H]3C2)cc1=O. The van der Waals surface area contributed by atoms with Gasteiger partial charge < -0.3 is 19.5 Å². The molecule has 7 heteroatoms. The van der Waals surface area contributed by atoms with Crippen molar-refractivity contribution in [3.8, 4) is 0 Å². The summed E-state index contributed by atoms with van der Waals surface area (Å²) in [7, 11) is 0. The van der Waals surface area contributed by atoms with Crippen LogP contribution in [0.2, 0.25) is 0 Å². The van der Waals surface area contributed by atoms with Crippen LogP contribution in [0, 0.1) is 0 Å². The molecule has 2 atom stereocenters. The Morgan fingerprint density at radius 3 is 2.75 bits per heavy atom. The van der Waals surface area contributed by atoms with E-state index in [2.05, 4.69) is 5.32 Å². The third-order valence-electron chi connectivity index (χ3n) is 5.65. The molecular formula is C21H23N3O4. The molecule has 28 heavy (non-hydrogen) atoms. The predicted molar refractivity (Wildman–Crippen MR) is 103 cm³/mol. The van der Waals surface area contributed by atoms with Gasteiger partial charge in [-0.3, -0.25) is 14.4 Å². The Morgan fingerprint density at radius 1 is 1.25 bits per heavy atom. The lowest BCUT2D eigenvalue weighted by atomic mass is 9.77. The van der Waals surface area contributed by atoms with Gasteiger partial charge in [0.15, 0.2) is 0 Å². The third kappa shape index (κ3) is 3.11. The molecule has 0 radical (unpaired) electrons. The summed E-state index contributed by atoms with van der Waals surface area (Å²) in [5, 5.41) is 3.12. The maximum Gasteiger partial charge on any atom is 0.254 e. The van der Waals surface area contributed by atoms with E-state index in [9.17, 15) is 14.4 Å². The quantitative estimate of drug-likeness (QED) is 0.864. The number of carbonyl (C=O) groups excluding carboxylic acids is 2. The van der Waals surface area contributed by atoms with Crippen molar-refractivity contribution in [2.45, 2.75) is 31.5 Å². The van der Waals surface area contributed by atoms with Gasteiger partial charge in [0, 0.05) is 37.5 Å². The molecule has 146 valence electrons. The van der Waals surface area contributed by atoms with Crippen molar-refractivity contribution in [3.05, 3.63) is 70.1 Å². The van der Waals surface area contributed by atoms with Crippen LogP contribution < -0.4 is 10.9 Å². The smallest absolute Gasteiger partial charge is 0.254 e. The minimum atomic E-state index is -0.640. The molecule has 1 aromatic heterocycles. The zero-order valence-corrected chi connectivity index (χ0v) is 15.8. The van der Waals surface area contributed by atoms with Crippen LogP contribution in [-0.2, 0) is 21.6 Å². The maximum absolute atomic E-state index is 13.0. The number of morpholine rings is 1. The Labute approximate surface area is 162 Å². The molecule has 2 aromatic rings. The molecule has 2 aliphatic heterocycles. The molecule has 0 spiro atoms. The van der Waals surface area contributed by atoms with Gasteiger partial charge in [-0.05, 0) is 25.0 Å². The predicted octanol–water partition coefficient (Wildman–Crippen LogP) is 1.12. The Balaban J connectivity index is 1.60. The highest BCUT2D eigenvalue weighted by molar-refractivity contribution is 5.94. The molecule has 3 heterocycles. The van der Waals surface area contributed by atoms with Crippen LogP contribution in [0.5, 0.6) is 0 Å². The van der Waals surface area contributed by atoms with Crippen molar-refractivity contribution in [3.63, 3.8) is 0 Å². The number of nitrogens with zero attached hydrogens (tertiary/aromatic N) is 2. The first kappa shape index (κ1) is 18.4. The lowest BCUT2D eigenvalue weighted by Crippen LogP contribution is -2.67. The standard InChI is InChI=1S/C21H23N3O4/c1-2-23-10-8-15(12-19(23)26)20(27)24-11-9-21(16-6-4-3-5-7-16)17(13-24)28-14-18(25)22-21/h3-8,10,12,17H,2,9,11,13-14H2,1H3,(H,22,25)/t17-,21+/m1/s1. The normalized spacial score (nSPS) is 24.4. The molecule has 0 aliphatic carbocycles. The summed E-state index contributed by atoms with van der Waals surface area (Å²) in [6.45, 7) is 3.24. The van der Waals surface area contributed by atoms with Crippen LogP contribution in [0.15, 0.2) is 53.5 Å². The first-order valence-electron chi connectivity index (χ1n) is 9.51. The highest BCUT2D eigenvalue weighted by Crippen LogP contribution is 2.37. The van der Waals surface area contributed by atoms with Crippen molar-refractivity contribution in [1.82, 2.24) is 14.8 Å². The number of amides is 2. The van der Waals surface area contributed by atoms with E-state index in [1.165, 1.54) is 6.07 Å². The summed E-state index contributed by atoms with van der Waals surface area (Å²) in [6.07, 6.45) is 1.84. The fraction of sp³-hybridized carbons (Fsp3) is 0.381. The number of benzene rings is 1. The maximum atomic E-state index is 13.0. The number of fused-ring (bicyclic) bond motifs is 1. The topological polar surface area (TPSA) is 80.6 Å². The number of aryl methyl sites for hydroxylation is 1. The molecule has 1 N–H and O–H groups in total. The lowest BCUT2D eigenvalue weighted by molar-refractivity contribution is -0.150. The molecule has 7 nitrogen and oxygen atoms in total. The zero-order valence-electron chi connectivity index (χ0n) is 15.8. The summed E-state index contributed by atoms with van der Waals surface area (Å²) < 4.78 is 7.41. The zero-order chi connectivity index (χ0) is 19.7. The molecule has 0 saturated carbocycles. The molecule has 0 bridgehead atoms. The van der Waals surface area contributed by atoms with E-state index < -0.39 is 5.54 Å². The number of hydrogen-bond donors (Lipinski definition) is 1. The number of nitrogens with one attached hydrogen (secondary N) is 1. The number of pyridine rings is 1. The van der Waals surface area contributed by atoms with E-state index in [0.717, 1.165) is 5.56 Å². The van der Waals surface area contributed by atoms with Gasteiger partial charge in [-0.2, -0.15) is 0 Å². The summed E-state index contributed by atoms with van der Waals surface area (Å²) in [5.41, 5.74) is 0.525.